The lowest BCUT2D eigenvalue weighted by molar-refractivity contribution is -0.161. The van der Waals surface area contributed by atoms with Crippen LogP contribution in [0.4, 0.5) is 0 Å². The molecule has 0 fully saturated rings. The fourth-order valence-electron chi connectivity index (χ4n) is 5.42. The number of allylic oxidation sites excluding steroid dienone is 12. The molecule has 0 spiro atoms. The summed E-state index contributed by atoms with van der Waals surface area (Å²) < 4.78 is 32.7. The number of carbonyl (C=O) groups is 2. The highest BCUT2D eigenvalue weighted by Crippen LogP contribution is 2.43. The van der Waals surface area contributed by atoms with Gasteiger partial charge in [-0.05, 0) is 83.5 Å². The predicted molar refractivity (Wildman–Crippen MR) is 229 cm³/mol. The van der Waals surface area contributed by atoms with Gasteiger partial charge in [0.05, 0.1) is 13.2 Å². The van der Waals surface area contributed by atoms with E-state index in [0.717, 1.165) is 83.5 Å². The Bertz CT molecular complexity index is 1130. The zero-order valence-electron chi connectivity index (χ0n) is 34.6. The zero-order chi connectivity index (χ0) is 40.3. The van der Waals surface area contributed by atoms with E-state index in [1.165, 1.54) is 44.9 Å². The van der Waals surface area contributed by atoms with Crippen LogP contribution >= 0.6 is 7.82 Å². The van der Waals surface area contributed by atoms with Gasteiger partial charge >= 0.3 is 19.8 Å². The van der Waals surface area contributed by atoms with Crippen LogP contribution in [0.5, 0.6) is 0 Å². The number of unbranched alkanes of at least 4 members (excludes halogenated alkanes) is 14. The maximum absolute atomic E-state index is 12.6. The second kappa shape index (κ2) is 41.1. The smallest absolute Gasteiger partial charge is 0.462 e. The Balaban J connectivity index is 4.26. The van der Waals surface area contributed by atoms with E-state index in [2.05, 4.69) is 86.8 Å². The molecule has 0 aliphatic carbocycles. The molecule has 0 aliphatic rings. The van der Waals surface area contributed by atoms with Gasteiger partial charge in [0.2, 0.25) is 0 Å². The molecule has 0 radical (unpaired) electrons. The van der Waals surface area contributed by atoms with Crippen LogP contribution < -0.4 is 5.73 Å². The molecule has 2 unspecified atom stereocenters. The molecule has 0 saturated heterocycles. The summed E-state index contributed by atoms with van der Waals surface area (Å²) in [6.45, 7) is 3.55. The van der Waals surface area contributed by atoms with Gasteiger partial charge in [-0.2, -0.15) is 0 Å². The monoisotopic (exact) mass is 792 g/mol. The second-order valence-corrected chi connectivity index (χ2v) is 15.3. The van der Waals surface area contributed by atoms with Gasteiger partial charge in [-0.25, -0.2) is 4.57 Å². The van der Waals surface area contributed by atoms with Gasteiger partial charge < -0.3 is 20.1 Å². The first kappa shape index (κ1) is 52.5. The molecule has 2 atom stereocenters. The minimum absolute atomic E-state index is 0.0430. The Morgan fingerprint density at radius 1 is 0.564 bits per heavy atom. The third kappa shape index (κ3) is 40.9. The highest BCUT2D eigenvalue weighted by atomic mass is 31.2. The first-order chi connectivity index (χ1) is 26.8. The average Bonchev–Trinajstić information content (AvgIpc) is 3.17. The van der Waals surface area contributed by atoms with E-state index in [-0.39, 0.29) is 32.6 Å². The highest BCUT2D eigenvalue weighted by molar-refractivity contribution is 7.47. The Hall–Kier alpha value is -2.55. The van der Waals surface area contributed by atoms with E-state index in [9.17, 15) is 19.0 Å². The minimum Gasteiger partial charge on any atom is -0.462 e. The van der Waals surface area contributed by atoms with Gasteiger partial charge in [0.25, 0.3) is 0 Å². The van der Waals surface area contributed by atoms with Crippen LogP contribution in [0.3, 0.4) is 0 Å². The fraction of sp³-hybridized carbons (Fsp3) is 0.689. The van der Waals surface area contributed by atoms with Crippen molar-refractivity contribution in [1.29, 1.82) is 0 Å². The summed E-state index contributed by atoms with van der Waals surface area (Å²) in [7, 11) is -4.39. The lowest BCUT2D eigenvalue weighted by atomic mass is 10.1. The molecule has 10 heteroatoms. The molecule has 0 aliphatic heterocycles. The van der Waals surface area contributed by atoms with Crippen molar-refractivity contribution in [3.63, 3.8) is 0 Å². The van der Waals surface area contributed by atoms with E-state index >= 15 is 0 Å². The molecular formula is C45H78NO8P. The van der Waals surface area contributed by atoms with Crippen molar-refractivity contribution in [3.05, 3.63) is 72.9 Å². The number of carbonyl (C=O) groups excluding carboxylic acids is 2. The van der Waals surface area contributed by atoms with Crippen molar-refractivity contribution in [2.75, 3.05) is 26.4 Å². The third-order valence-electron chi connectivity index (χ3n) is 8.58. The van der Waals surface area contributed by atoms with Crippen LogP contribution in [-0.4, -0.2) is 49.3 Å². The Kier molecular flexibility index (Phi) is 39.2. The number of nitrogens with two attached hydrogens (primary N) is 1. The Morgan fingerprint density at radius 2 is 1.00 bits per heavy atom. The molecule has 0 aromatic carbocycles. The van der Waals surface area contributed by atoms with Crippen molar-refractivity contribution in [2.45, 2.75) is 174 Å². The first-order valence-corrected chi connectivity index (χ1v) is 22.9. The van der Waals surface area contributed by atoms with Gasteiger partial charge in [-0.15, -0.1) is 0 Å². The average molecular weight is 792 g/mol. The minimum atomic E-state index is -4.39. The van der Waals surface area contributed by atoms with E-state index in [0.29, 0.717) is 12.8 Å². The van der Waals surface area contributed by atoms with Crippen LogP contribution in [0.25, 0.3) is 0 Å². The van der Waals surface area contributed by atoms with Crippen molar-refractivity contribution in [1.82, 2.24) is 0 Å². The predicted octanol–water partition coefficient (Wildman–Crippen LogP) is 12.3. The molecule has 9 nitrogen and oxygen atoms in total. The molecule has 0 amide bonds. The topological polar surface area (TPSA) is 134 Å². The third-order valence-corrected chi connectivity index (χ3v) is 9.56. The van der Waals surface area contributed by atoms with Crippen LogP contribution in [0.15, 0.2) is 72.9 Å². The number of phosphoric acid groups is 1. The molecule has 0 heterocycles. The van der Waals surface area contributed by atoms with Crippen molar-refractivity contribution >= 4 is 19.8 Å². The zero-order valence-corrected chi connectivity index (χ0v) is 35.5. The van der Waals surface area contributed by atoms with Gasteiger partial charge in [-0.1, -0.05) is 145 Å². The molecule has 0 aromatic heterocycles. The number of hydrogen-bond acceptors (Lipinski definition) is 8. The van der Waals surface area contributed by atoms with Crippen molar-refractivity contribution < 1.29 is 37.6 Å². The van der Waals surface area contributed by atoms with Crippen LogP contribution in [0.2, 0.25) is 0 Å². The summed E-state index contributed by atoms with van der Waals surface area (Å²) in [4.78, 5) is 34.8. The summed E-state index contributed by atoms with van der Waals surface area (Å²) in [5, 5.41) is 0. The number of esters is 2. The quantitative estimate of drug-likeness (QED) is 0.0270. The fourth-order valence-corrected chi connectivity index (χ4v) is 6.18. The maximum Gasteiger partial charge on any atom is 0.472 e. The SMILES string of the molecule is CCC=CCC=CCC=CCC=CCC=CCCCCCC(=O)OC(COC(=O)CCCCCCCC=CCCCCCCCC)COP(=O)(O)OCCN. The lowest BCUT2D eigenvalue weighted by Crippen LogP contribution is -2.29. The largest absolute Gasteiger partial charge is 0.472 e. The number of hydrogen-bond donors (Lipinski definition) is 2. The first-order valence-electron chi connectivity index (χ1n) is 21.4. The summed E-state index contributed by atoms with van der Waals surface area (Å²) in [5.41, 5.74) is 5.34. The summed E-state index contributed by atoms with van der Waals surface area (Å²) in [6.07, 6.45) is 49.3. The van der Waals surface area contributed by atoms with Gasteiger partial charge in [0.15, 0.2) is 6.10 Å². The standard InChI is InChI=1S/C45H78NO8P/c1-3-5-7-9-11-13-15-17-19-20-21-22-24-26-28-30-32-34-36-38-45(48)54-43(42-53-55(49,50)52-40-39-46)41-51-44(47)37-35-33-31-29-27-25-23-18-16-14-12-10-8-6-4-2/h5,7,11,13,17-19,21-23,26,28,43H,3-4,6,8-10,12,14-16,20,24-25,27,29-42,46H2,1-2H3,(H,49,50). The molecule has 55 heavy (non-hydrogen) atoms. The molecule has 0 saturated carbocycles. The lowest BCUT2D eigenvalue weighted by Gasteiger charge is -2.19. The molecule has 0 bridgehead atoms. The second-order valence-electron chi connectivity index (χ2n) is 13.8. The molecule has 3 N–H and O–H groups in total. The highest BCUT2D eigenvalue weighted by Gasteiger charge is 2.25. The van der Waals surface area contributed by atoms with E-state index in [4.69, 9.17) is 24.3 Å². The molecular weight excluding hydrogens is 713 g/mol. The van der Waals surface area contributed by atoms with E-state index < -0.39 is 32.5 Å². The van der Waals surface area contributed by atoms with Crippen molar-refractivity contribution in [3.8, 4) is 0 Å². The Morgan fingerprint density at radius 3 is 1.53 bits per heavy atom. The summed E-state index contributed by atoms with van der Waals surface area (Å²) >= 11 is 0. The van der Waals surface area contributed by atoms with Crippen LogP contribution in [-0.2, 0) is 32.7 Å². The van der Waals surface area contributed by atoms with Gasteiger partial charge in [0.1, 0.15) is 6.61 Å². The molecule has 0 rings (SSSR count). The molecule has 0 aromatic rings. The van der Waals surface area contributed by atoms with Crippen LogP contribution in [0, 0.1) is 0 Å². The van der Waals surface area contributed by atoms with E-state index in [1.807, 2.05) is 0 Å². The summed E-state index contributed by atoms with van der Waals surface area (Å²) in [6, 6.07) is 0. The number of phosphoric ester groups is 1. The van der Waals surface area contributed by atoms with E-state index in [1.54, 1.807) is 0 Å². The van der Waals surface area contributed by atoms with Crippen LogP contribution in [0.1, 0.15) is 168 Å². The number of ether oxygens (including phenoxy) is 2. The maximum atomic E-state index is 12.6. The molecule has 316 valence electrons. The summed E-state index contributed by atoms with van der Waals surface area (Å²) in [5.74, 6) is -0.882. The normalized spacial score (nSPS) is 14.0. The van der Waals surface area contributed by atoms with Crippen molar-refractivity contribution in [2.24, 2.45) is 5.73 Å². The van der Waals surface area contributed by atoms with Gasteiger partial charge in [-0.3, -0.25) is 18.6 Å². The van der Waals surface area contributed by atoms with Gasteiger partial charge in [0, 0.05) is 19.4 Å². The number of rotatable bonds is 39. The Labute approximate surface area is 335 Å².